The maximum atomic E-state index is 13.9. The van der Waals surface area contributed by atoms with E-state index in [0.29, 0.717) is 41.7 Å². The standard InChI is InChI=1S/C28H36ClN3O6S/c1-3-24(28(34)30-21-10-5-4-6-11-21)31(18-20-9-7-8-12-23(20)29)27(33)19-32(39(2,35)36)22-13-14-25-26(17-22)38-16-15-37-25/h7-9,12-14,17,21,24H,3-6,10-11,15-16,18-19H2,1-2H3,(H,30,34)/t24-/m1/s1. The number of fused-ring (bicyclic) bond motifs is 1. The molecule has 212 valence electrons. The van der Waals surface area contributed by atoms with E-state index in [4.69, 9.17) is 21.1 Å². The zero-order valence-corrected chi connectivity index (χ0v) is 24.0. The third-order valence-electron chi connectivity index (χ3n) is 7.13. The minimum absolute atomic E-state index is 0.0633. The van der Waals surface area contributed by atoms with Crippen molar-refractivity contribution in [1.82, 2.24) is 10.2 Å². The Labute approximate surface area is 235 Å². The summed E-state index contributed by atoms with van der Waals surface area (Å²) in [5.41, 5.74) is 0.939. The summed E-state index contributed by atoms with van der Waals surface area (Å²) in [6.07, 6.45) is 6.49. The number of rotatable bonds is 10. The van der Waals surface area contributed by atoms with Crippen LogP contribution in [0.25, 0.3) is 0 Å². The summed E-state index contributed by atoms with van der Waals surface area (Å²) in [5.74, 6) is 0.164. The van der Waals surface area contributed by atoms with Gasteiger partial charge in [-0.05, 0) is 43.0 Å². The van der Waals surface area contributed by atoms with Gasteiger partial charge in [-0.2, -0.15) is 0 Å². The summed E-state index contributed by atoms with van der Waals surface area (Å²) < 4.78 is 38.0. The number of carbonyl (C=O) groups is 2. The van der Waals surface area contributed by atoms with Gasteiger partial charge in [0.1, 0.15) is 25.8 Å². The van der Waals surface area contributed by atoms with Crippen LogP contribution in [0.5, 0.6) is 11.5 Å². The molecule has 0 bridgehead atoms. The molecule has 1 aliphatic carbocycles. The van der Waals surface area contributed by atoms with Crippen LogP contribution >= 0.6 is 11.6 Å². The van der Waals surface area contributed by atoms with Crippen LogP contribution in [-0.2, 0) is 26.2 Å². The summed E-state index contributed by atoms with van der Waals surface area (Å²) in [7, 11) is -3.87. The second kappa shape index (κ2) is 12.9. The molecule has 1 atom stereocenters. The maximum absolute atomic E-state index is 13.9. The van der Waals surface area contributed by atoms with Crippen LogP contribution in [-0.4, -0.2) is 63.2 Å². The number of carbonyl (C=O) groups excluding carboxylic acids is 2. The minimum atomic E-state index is -3.87. The Morgan fingerprint density at radius 3 is 2.41 bits per heavy atom. The molecule has 1 fully saturated rings. The van der Waals surface area contributed by atoms with E-state index in [9.17, 15) is 18.0 Å². The van der Waals surface area contributed by atoms with Crippen molar-refractivity contribution in [1.29, 1.82) is 0 Å². The summed E-state index contributed by atoms with van der Waals surface area (Å²) >= 11 is 6.43. The van der Waals surface area contributed by atoms with Gasteiger partial charge in [0.25, 0.3) is 0 Å². The van der Waals surface area contributed by atoms with Crippen LogP contribution in [0.3, 0.4) is 0 Å². The van der Waals surface area contributed by atoms with Crippen LogP contribution in [0.15, 0.2) is 42.5 Å². The third kappa shape index (κ3) is 7.36. The van der Waals surface area contributed by atoms with Crippen LogP contribution in [0.2, 0.25) is 5.02 Å². The first kappa shape index (κ1) is 29.0. The molecule has 0 radical (unpaired) electrons. The van der Waals surface area contributed by atoms with Gasteiger partial charge in [-0.25, -0.2) is 8.42 Å². The molecule has 0 unspecified atom stereocenters. The van der Waals surface area contributed by atoms with Crippen molar-refractivity contribution in [2.24, 2.45) is 0 Å². The minimum Gasteiger partial charge on any atom is -0.486 e. The highest BCUT2D eigenvalue weighted by molar-refractivity contribution is 7.92. The van der Waals surface area contributed by atoms with Crippen LogP contribution in [0.1, 0.15) is 51.0 Å². The lowest BCUT2D eigenvalue weighted by molar-refractivity contribution is -0.140. The van der Waals surface area contributed by atoms with Gasteiger partial charge in [0.2, 0.25) is 21.8 Å². The molecule has 1 heterocycles. The Morgan fingerprint density at radius 1 is 1.05 bits per heavy atom. The van der Waals surface area contributed by atoms with Gasteiger partial charge in [0.05, 0.1) is 11.9 Å². The molecule has 4 rings (SSSR count). The Morgan fingerprint density at radius 2 is 1.74 bits per heavy atom. The second-order valence-electron chi connectivity index (χ2n) is 9.98. The molecule has 11 heteroatoms. The van der Waals surface area contributed by atoms with Gasteiger partial charge in [0.15, 0.2) is 11.5 Å². The lowest BCUT2D eigenvalue weighted by Gasteiger charge is -2.34. The van der Waals surface area contributed by atoms with Crippen LogP contribution in [0.4, 0.5) is 5.69 Å². The molecule has 0 spiro atoms. The largest absolute Gasteiger partial charge is 0.486 e. The number of ether oxygens (including phenoxy) is 2. The number of anilines is 1. The average molecular weight is 578 g/mol. The van der Waals surface area contributed by atoms with Crippen molar-refractivity contribution in [2.75, 3.05) is 30.3 Å². The van der Waals surface area contributed by atoms with Crippen molar-refractivity contribution in [3.63, 3.8) is 0 Å². The van der Waals surface area contributed by atoms with E-state index in [1.807, 2.05) is 13.0 Å². The number of halogens is 1. The van der Waals surface area contributed by atoms with Gasteiger partial charge in [0, 0.05) is 23.7 Å². The fourth-order valence-corrected chi connectivity index (χ4v) is 6.11. The molecule has 0 saturated heterocycles. The highest BCUT2D eigenvalue weighted by Crippen LogP contribution is 2.35. The van der Waals surface area contributed by atoms with Gasteiger partial charge < -0.3 is 19.7 Å². The van der Waals surface area contributed by atoms with E-state index in [1.54, 1.807) is 36.4 Å². The molecule has 0 aromatic heterocycles. The number of hydrogen-bond acceptors (Lipinski definition) is 6. The molecule has 1 N–H and O–H groups in total. The van der Waals surface area contributed by atoms with E-state index < -0.39 is 28.5 Å². The Hall–Kier alpha value is -2.98. The summed E-state index contributed by atoms with van der Waals surface area (Å²) in [6, 6.07) is 11.1. The van der Waals surface area contributed by atoms with E-state index in [1.165, 1.54) is 4.90 Å². The zero-order chi connectivity index (χ0) is 28.0. The molecule has 1 saturated carbocycles. The molecule has 9 nitrogen and oxygen atoms in total. The summed E-state index contributed by atoms with van der Waals surface area (Å²) in [6.45, 7) is 2.16. The third-order valence-corrected chi connectivity index (χ3v) is 8.64. The van der Waals surface area contributed by atoms with Crippen LogP contribution < -0.4 is 19.1 Å². The van der Waals surface area contributed by atoms with Crippen molar-refractivity contribution in [3.05, 3.63) is 53.1 Å². The highest BCUT2D eigenvalue weighted by atomic mass is 35.5. The molecular formula is C28H36ClN3O6S. The zero-order valence-electron chi connectivity index (χ0n) is 22.4. The topological polar surface area (TPSA) is 105 Å². The molecule has 1 aliphatic heterocycles. The van der Waals surface area contributed by atoms with Crippen molar-refractivity contribution in [2.45, 2.75) is 64.1 Å². The average Bonchev–Trinajstić information content (AvgIpc) is 2.92. The number of nitrogens with zero attached hydrogens (tertiary/aromatic N) is 2. The predicted octanol–water partition coefficient (Wildman–Crippen LogP) is 4.13. The van der Waals surface area contributed by atoms with E-state index in [0.717, 1.165) is 42.7 Å². The molecule has 2 amide bonds. The van der Waals surface area contributed by atoms with Crippen molar-refractivity contribution in [3.8, 4) is 11.5 Å². The fraction of sp³-hybridized carbons (Fsp3) is 0.500. The first-order valence-corrected chi connectivity index (χ1v) is 15.6. The molecular weight excluding hydrogens is 542 g/mol. The van der Waals surface area contributed by atoms with Crippen molar-refractivity contribution < 1.29 is 27.5 Å². The van der Waals surface area contributed by atoms with Crippen LogP contribution in [0, 0.1) is 0 Å². The number of amides is 2. The second-order valence-corrected chi connectivity index (χ2v) is 12.3. The molecule has 39 heavy (non-hydrogen) atoms. The monoisotopic (exact) mass is 577 g/mol. The number of hydrogen-bond donors (Lipinski definition) is 1. The predicted molar refractivity (Wildman–Crippen MR) is 151 cm³/mol. The summed E-state index contributed by atoms with van der Waals surface area (Å²) in [4.78, 5) is 28.8. The van der Waals surface area contributed by atoms with Gasteiger partial charge in [-0.3, -0.25) is 13.9 Å². The smallest absolute Gasteiger partial charge is 0.244 e. The van der Waals surface area contributed by atoms with Gasteiger partial charge in [-0.15, -0.1) is 0 Å². The lowest BCUT2D eigenvalue weighted by Crippen LogP contribution is -2.54. The fourth-order valence-electron chi connectivity index (χ4n) is 5.07. The highest BCUT2D eigenvalue weighted by Gasteiger charge is 2.33. The van der Waals surface area contributed by atoms with E-state index in [2.05, 4.69) is 5.32 Å². The lowest BCUT2D eigenvalue weighted by atomic mass is 9.95. The first-order valence-electron chi connectivity index (χ1n) is 13.4. The number of nitrogens with one attached hydrogen (secondary N) is 1. The van der Waals surface area contributed by atoms with E-state index in [-0.39, 0.29) is 24.2 Å². The Kier molecular flexibility index (Phi) is 9.61. The van der Waals surface area contributed by atoms with Gasteiger partial charge >= 0.3 is 0 Å². The molecule has 2 aliphatic rings. The normalized spacial score (nSPS) is 16.3. The maximum Gasteiger partial charge on any atom is 0.244 e. The number of benzene rings is 2. The Balaban J connectivity index is 1.63. The number of sulfonamides is 1. The SMILES string of the molecule is CC[C@H](C(=O)NC1CCCCC1)N(Cc1ccccc1Cl)C(=O)CN(c1ccc2c(c1)OCCO2)S(C)(=O)=O. The molecule has 2 aromatic carbocycles. The quantitative estimate of drug-likeness (QED) is 0.455. The van der Waals surface area contributed by atoms with Gasteiger partial charge in [-0.1, -0.05) is 56.0 Å². The Bertz CT molecular complexity index is 1280. The molecule has 2 aromatic rings. The summed E-state index contributed by atoms with van der Waals surface area (Å²) in [5, 5.41) is 3.59. The first-order chi connectivity index (χ1) is 18.7. The van der Waals surface area contributed by atoms with E-state index >= 15 is 0 Å². The van der Waals surface area contributed by atoms with Crippen molar-refractivity contribution >= 4 is 39.1 Å².